The van der Waals surface area contributed by atoms with Crippen LogP contribution in [0.1, 0.15) is 31.4 Å². The van der Waals surface area contributed by atoms with E-state index >= 15 is 0 Å². The van der Waals surface area contributed by atoms with E-state index in [2.05, 4.69) is 20.4 Å². The zero-order valence-corrected chi connectivity index (χ0v) is 18.7. The van der Waals surface area contributed by atoms with Crippen molar-refractivity contribution in [3.8, 4) is 0 Å². The second-order valence-corrected chi connectivity index (χ2v) is 8.81. The lowest BCUT2D eigenvalue weighted by molar-refractivity contribution is -0.119. The van der Waals surface area contributed by atoms with Gasteiger partial charge in [0.05, 0.1) is 37.7 Å². The number of morpholine rings is 1. The maximum atomic E-state index is 14.0. The molecule has 0 saturated carbocycles. The van der Waals surface area contributed by atoms with Crippen LogP contribution in [0, 0.1) is 11.6 Å². The minimum absolute atomic E-state index is 0.0971. The Morgan fingerprint density at radius 2 is 2.09 bits per heavy atom. The lowest BCUT2D eigenvalue weighted by Crippen LogP contribution is -2.38. The predicted octanol–water partition coefficient (Wildman–Crippen LogP) is 2.54. The second-order valence-electron chi connectivity index (χ2n) is 7.87. The van der Waals surface area contributed by atoms with Gasteiger partial charge in [0.1, 0.15) is 11.6 Å². The van der Waals surface area contributed by atoms with Crippen LogP contribution in [0.4, 0.5) is 14.7 Å². The third-order valence-electron chi connectivity index (χ3n) is 5.54. The van der Waals surface area contributed by atoms with Gasteiger partial charge < -0.3 is 19.7 Å². The maximum absolute atomic E-state index is 14.0. The number of halogens is 2. The summed E-state index contributed by atoms with van der Waals surface area (Å²) in [5.74, 6) is -0.752. The van der Waals surface area contributed by atoms with Gasteiger partial charge in [-0.1, -0.05) is 17.8 Å². The molecule has 1 aromatic heterocycles. The molecule has 2 unspecified atom stereocenters. The number of thioether (sulfide) groups is 1. The zero-order chi connectivity index (χ0) is 22.5. The van der Waals surface area contributed by atoms with Crippen LogP contribution in [-0.4, -0.2) is 65.4 Å². The molecule has 32 heavy (non-hydrogen) atoms. The number of ether oxygens (including phenoxy) is 2. The molecule has 0 bridgehead atoms. The van der Waals surface area contributed by atoms with Crippen LogP contribution in [0.2, 0.25) is 0 Å². The molecule has 8 nitrogen and oxygen atoms in total. The summed E-state index contributed by atoms with van der Waals surface area (Å²) in [5, 5.41) is 12.1. The van der Waals surface area contributed by atoms with Crippen molar-refractivity contribution in [3.05, 3.63) is 35.4 Å². The molecule has 2 aliphatic heterocycles. The van der Waals surface area contributed by atoms with Crippen molar-refractivity contribution in [2.24, 2.45) is 0 Å². The van der Waals surface area contributed by atoms with E-state index in [1.54, 1.807) is 6.92 Å². The number of hydrogen-bond donors (Lipinski definition) is 1. The third-order valence-corrected chi connectivity index (χ3v) is 6.51. The smallest absolute Gasteiger partial charge is 0.230 e. The molecule has 1 amide bonds. The van der Waals surface area contributed by atoms with Crippen molar-refractivity contribution in [1.29, 1.82) is 0 Å². The monoisotopic (exact) mass is 467 g/mol. The maximum Gasteiger partial charge on any atom is 0.230 e. The van der Waals surface area contributed by atoms with Crippen molar-refractivity contribution in [1.82, 2.24) is 20.1 Å². The van der Waals surface area contributed by atoms with Gasteiger partial charge in [0, 0.05) is 31.3 Å². The van der Waals surface area contributed by atoms with Crippen LogP contribution < -0.4 is 10.2 Å². The highest BCUT2D eigenvalue weighted by atomic mass is 32.2. The van der Waals surface area contributed by atoms with Crippen LogP contribution >= 0.6 is 11.8 Å². The van der Waals surface area contributed by atoms with Gasteiger partial charge in [-0.15, -0.1) is 10.2 Å². The fraction of sp³-hybridized carbons (Fsp3) is 0.571. The molecule has 2 atom stereocenters. The third kappa shape index (κ3) is 5.57. The highest BCUT2D eigenvalue weighted by Crippen LogP contribution is 2.26. The standard InChI is InChI=1S/C21H27F2N5O3S/c1-14(17-5-4-15(22)11-18(17)23)24-19(29)13-32-21-26-25-20(27-6-9-30-10-7-27)28(21)12-16-3-2-8-31-16/h4-5,11,14,16H,2-3,6-10,12-13H2,1H3,(H,24,29). The fourth-order valence-corrected chi connectivity index (χ4v) is 4.63. The number of aromatic nitrogens is 3. The van der Waals surface area contributed by atoms with E-state index in [1.165, 1.54) is 23.9 Å². The summed E-state index contributed by atoms with van der Waals surface area (Å²) in [6, 6.07) is 2.75. The fourth-order valence-electron chi connectivity index (χ4n) is 3.88. The van der Waals surface area contributed by atoms with Gasteiger partial charge in [-0.2, -0.15) is 0 Å². The minimum Gasteiger partial charge on any atom is -0.378 e. The molecule has 0 radical (unpaired) electrons. The quantitative estimate of drug-likeness (QED) is 0.598. The second kappa shape index (κ2) is 10.6. The van der Waals surface area contributed by atoms with Crippen molar-refractivity contribution >= 4 is 23.6 Å². The number of benzene rings is 1. The molecule has 11 heteroatoms. The molecule has 2 aliphatic rings. The molecule has 2 fully saturated rings. The van der Waals surface area contributed by atoms with E-state index < -0.39 is 17.7 Å². The van der Waals surface area contributed by atoms with Gasteiger partial charge in [-0.3, -0.25) is 9.36 Å². The van der Waals surface area contributed by atoms with E-state index in [0.717, 1.165) is 44.6 Å². The molecule has 3 heterocycles. The predicted molar refractivity (Wildman–Crippen MR) is 116 cm³/mol. The van der Waals surface area contributed by atoms with Gasteiger partial charge in [0.15, 0.2) is 5.16 Å². The van der Waals surface area contributed by atoms with Gasteiger partial charge in [0.25, 0.3) is 0 Å². The Bertz CT molecular complexity index is 932. The van der Waals surface area contributed by atoms with Gasteiger partial charge in [0.2, 0.25) is 11.9 Å². The van der Waals surface area contributed by atoms with Crippen molar-refractivity contribution < 1.29 is 23.0 Å². The lowest BCUT2D eigenvalue weighted by atomic mass is 10.1. The van der Waals surface area contributed by atoms with Crippen LogP contribution in [0.5, 0.6) is 0 Å². The lowest BCUT2D eigenvalue weighted by Gasteiger charge is -2.28. The Balaban J connectivity index is 1.41. The van der Waals surface area contributed by atoms with Crippen molar-refractivity contribution in [2.45, 2.75) is 43.6 Å². The SMILES string of the molecule is CC(NC(=O)CSc1nnc(N2CCOCC2)n1CC1CCCO1)c1ccc(F)cc1F. The summed E-state index contributed by atoms with van der Waals surface area (Å²) in [5.41, 5.74) is 0.237. The van der Waals surface area contributed by atoms with Gasteiger partial charge in [-0.05, 0) is 25.8 Å². The molecular weight excluding hydrogens is 440 g/mol. The molecule has 0 spiro atoms. The van der Waals surface area contributed by atoms with E-state index in [4.69, 9.17) is 9.47 Å². The number of carbonyl (C=O) groups excluding carboxylic acids is 1. The molecule has 2 saturated heterocycles. The zero-order valence-electron chi connectivity index (χ0n) is 17.9. The topological polar surface area (TPSA) is 81.5 Å². The highest BCUT2D eigenvalue weighted by Gasteiger charge is 2.25. The molecule has 174 valence electrons. The molecule has 1 aromatic carbocycles. The Kier molecular flexibility index (Phi) is 7.59. The number of nitrogens with zero attached hydrogens (tertiary/aromatic N) is 4. The van der Waals surface area contributed by atoms with Crippen LogP contribution in [-0.2, 0) is 20.8 Å². The average Bonchev–Trinajstić information content (AvgIpc) is 3.43. The largest absolute Gasteiger partial charge is 0.378 e. The summed E-state index contributed by atoms with van der Waals surface area (Å²) < 4.78 is 40.4. The van der Waals surface area contributed by atoms with Gasteiger partial charge in [-0.25, -0.2) is 8.78 Å². The average molecular weight is 468 g/mol. The van der Waals surface area contributed by atoms with Crippen molar-refractivity contribution in [3.63, 3.8) is 0 Å². The Hall–Kier alpha value is -2.24. The summed E-state index contributed by atoms with van der Waals surface area (Å²) in [7, 11) is 0. The highest BCUT2D eigenvalue weighted by molar-refractivity contribution is 7.99. The summed E-state index contributed by atoms with van der Waals surface area (Å²) in [6.45, 7) is 5.77. The van der Waals surface area contributed by atoms with Crippen LogP contribution in [0.25, 0.3) is 0 Å². The molecule has 4 rings (SSSR count). The molecule has 0 aliphatic carbocycles. The minimum atomic E-state index is -0.683. The number of hydrogen-bond acceptors (Lipinski definition) is 7. The normalized spacial score (nSPS) is 19.8. The molecule has 1 N–H and O–H groups in total. The van der Waals surface area contributed by atoms with E-state index in [1.807, 2.05) is 4.57 Å². The van der Waals surface area contributed by atoms with Gasteiger partial charge >= 0.3 is 0 Å². The number of amides is 1. The van der Waals surface area contributed by atoms with Crippen molar-refractivity contribution in [2.75, 3.05) is 43.6 Å². The first-order valence-corrected chi connectivity index (χ1v) is 11.7. The number of anilines is 1. The first kappa shape index (κ1) is 22.9. The van der Waals surface area contributed by atoms with E-state index in [-0.39, 0.29) is 23.3 Å². The molecular formula is C21H27F2N5O3S. The number of rotatable bonds is 8. The Morgan fingerprint density at radius 1 is 1.28 bits per heavy atom. The Labute approximate surface area is 189 Å². The summed E-state index contributed by atoms with van der Waals surface area (Å²) in [6.07, 6.45) is 2.11. The van der Waals surface area contributed by atoms with E-state index in [0.29, 0.717) is 24.9 Å². The summed E-state index contributed by atoms with van der Waals surface area (Å²) in [4.78, 5) is 14.6. The molecule has 2 aromatic rings. The number of nitrogens with one attached hydrogen (secondary N) is 1. The summed E-state index contributed by atoms with van der Waals surface area (Å²) >= 11 is 1.28. The number of carbonyl (C=O) groups is 1. The van der Waals surface area contributed by atoms with Crippen LogP contribution in [0.3, 0.4) is 0 Å². The first-order chi connectivity index (χ1) is 15.5. The van der Waals surface area contributed by atoms with Crippen LogP contribution in [0.15, 0.2) is 23.4 Å². The first-order valence-electron chi connectivity index (χ1n) is 10.8. The van der Waals surface area contributed by atoms with E-state index in [9.17, 15) is 13.6 Å². The Morgan fingerprint density at radius 3 is 2.81 bits per heavy atom.